The van der Waals surface area contributed by atoms with E-state index in [1.165, 1.54) is 18.3 Å². The lowest BCUT2D eigenvalue weighted by Gasteiger charge is -2.07. The van der Waals surface area contributed by atoms with Crippen LogP contribution in [0.15, 0.2) is 29.4 Å². The van der Waals surface area contributed by atoms with Crippen molar-refractivity contribution in [1.82, 2.24) is 0 Å². The Kier molecular flexibility index (Phi) is 4.51. The quantitative estimate of drug-likeness (QED) is 0.655. The second kappa shape index (κ2) is 5.67. The molecule has 0 aliphatic rings. The van der Waals surface area contributed by atoms with Gasteiger partial charge in [0.15, 0.2) is 0 Å². The molecule has 0 bridgehead atoms. The SMILES string of the molecule is CC(N)/C=N/OCc1cccc(C(F)(F)F)c1. The first kappa shape index (κ1) is 13.5. The van der Waals surface area contributed by atoms with E-state index in [1.54, 1.807) is 6.92 Å². The van der Waals surface area contributed by atoms with Crippen LogP contribution >= 0.6 is 0 Å². The van der Waals surface area contributed by atoms with Gasteiger partial charge >= 0.3 is 6.18 Å². The molecule has 0 amide bonds. The molecule has 0 aliphatic carbocycles. The second-order valence-corrected chi connectivity index (χ2v) is 3.59. The fraction of sp³-hybridized carbons (Fsp3) is 0.364. The molecule has 1 aromatic carbocycles. The Hall–Kier alpha value is -1.56. The topological polar surface area (TPSA) is 47.6 Å². The summed E-state index contributed by atoms with van der Waals surface area (Å²) in [6, 6.07) is 4.65. The van der Waals surface area contributed by atoms with Crippen molar-refractivity contribution in [3.05, 3.63) is 35.4 Å². The normalized spacial score (nSPS) is 13.9. The summed E-state index contributed by atoms with van der Waals surface area (Å²) in [5.74, 6) is 0. The van der Waals surface area contributed by atoms with Crippen LogP contribution in [0.1, 0.15) is 18.1 Å². The Bertz CT molecular complexity index is 389. The molecule has 2 N–H and O–H groups in total. The summed E-state index contributed by atoms with van der Waals surface area (Å²) in [5.41, 5.74) is 5.08. The number of alkyl halides is 3. The molecule has 0 radical (unpaired) electrons. The van der Waals surface area contributed by atoms with Gasteiger partial charge in [-0.1, -0.05) is 17.3 Å². The zero-order valence-corrected chi connectivity index (χ0v) is 9.24. The molecule has 0 fully saturated rings. The molecule has 94 valence electrons. The maximum atomic E-state index is 12.4. The highest BCUT2D eigenvalue weighted by atomic mass is 19.4. The summed E-state index contributed by atoms with van der Waals surface area (Å²) in [5, 5.41) is 3.53. The van der Waals surface area contributed by atoms with E-state index in [-0.39, 0.29) is 12.6 Å². The van der Waals surface area contributed by atoms with Gasteiger partial charge in [0.25, 0.3) is 0 Å². The zero-order chi connectivity index (χ0) is 12.9. The standard InChI is InChI=1S/C11H13F3N2O/c1-8(15)6-16-17-7-9-3-2-4-10(5-9)11(12,13)14/h2-6,8H,7,15H2,1H3/b16-6+. The maximum Gasteiger partial charge on any atom is 0.416 e. The van der Waals surface area contributed by atoms with Crippen LogP contribution < -0.4 is 5.73 Å². The van der Waals surface area contributed by atoms with Crippen LogP contribution in [0, 0.1) is 0 Å². The van der Waals surface area contributed by atoms with E-state index in [0.717, 1.165) is 12.1 Å². The minimum absolute atomic E-state index is 0.0207. The van der Waals surface area contributed by atoms with Gasteiger partial charge in [-0.2, -0.15) is 13.2 Å². The van der Waals surface area contributed by atoms with Gasteiger partial charge in [0, 0.05) is 6.04 Å². The largest absolute Gasteiger partial charge is 0.416 e. The highest BCUT2D eigenvalue weighted by Gasteiger charge is 2.30. The van der Waals surface area contributed by atoms with Crippen LogP contribution in [0.5, 0.6) is 0 Å². The molecule has 0 heterocycles. The zero-order valence-electron chi connectivity index (χ0n) is 9.24. The summed E-state index contributed by atoms with van der Waals surface area (Å²) < 4.78 is 37.1. The monoisotopic (exact) mass is 246 g/mol. The molecular formula is C11H13F3N2O. The molecule has 0 spiro atoms. The molecule has 0 saturated heterocycles. The summed E-state index contributed by atoms with van der Waals surface area (Å²) in [6.07, 6.45) is -2.97. The highest BCUT2D eigenvalue weighted by molar-refractivity contribution is 5.62. The number of halogens is 3. The average Bonchev–Trinajstić information content (AvgIpc) is 2.23. The molecule has 0 saturated carbocycles. The van der Waals surface area contributed by atoms with Crippen LogP contribution in [-0.2, 0) is 17.6 Å². The van der Waals surface area contributed by atoms with Crippen molar-refractivity contribution in [3.8, 4) is 0 Å². The van der Waals surface area contributed by atoms with Gasteiger partial charge in [-0.15, -0.1) is 0 Å². The Morgan fingerprint density at radius 2 is 2.18 bits per heavy atom. The predicted octanol–water partition coefficient (Wildman–Crippen LogP) is 2.56. The lowest BCUT2D eigenvalue weighted by Crippen LogP contribution is -2.16. The molecule has 6 heteroatoms. The Labute approximate surface area is 97.1 Å². The first-order valence-electron chi connectivity index (χ1n) is 4.97. The minimum atomic E-state index is -4.34. The van der Waals surface area contributed by atoms with Gasteiger partial charge in [0.05, 0.1) is 11.8 Å². The van der Waals surface area contributed by atoms with E-state index >= 15 is 0 Å². The Morgan fingerprint density at radius 3 is 2.76 bits per heavy atom. The van der Waals surface area contributed by atoms with E-state index in [4.69, 9.17) is 10.6 Å². The van der Waals surface area contributed by atoms with Gasteiger partial charge < -0.3 is 10.6 Å². The van der Waals surface area contributed by atoms with E-state index in [9.17, 15) is 13.2 Å². The second-order valence-electron chi connectivity index (χ2n) is 3.59. The fourth-order valence-corrected chi connectivity index (χ4v) is 1.09. The summed E-state index contributed by atoms with van der Waals surface area (Å²) in [7, 11) is 0. The summed E-state index contributed by atoms with van der Waals surface area (Å²) in [6.45, 7) is 1.68. The fourth-order valence-electron chi connectivity index (χ4n) is 1.09. The third-order valence-electron chi connectivity index (χ3n) is 1.86. The van der Waals surface area contributed by atoms with Crippen molar-refractivity contribution < 1.29 is 18.0 Å². The Balaban J connectivity index is 2.61. The van der Waals surface area contributed by atoms with Crippen LogP contribution in [0.2, 0.25) is 0 Å². The van der Waals surface area contributed by atoms with Crippen molar-refractivity contribution in [2.24, 2.45) is 10.9 Å². The average molecular weight is 246 g/mol. The number of nitrogens with two attached hydrogens (primary N) is 1. The lowest BCUT2D eigenvalue weighted by atomic mass is 10.1. The van der Waals surface area contributed by atoms with Crippen molar-refractivity contribution in [2.75, 3.05) is 0 Å². The summed E-state index contributed by atoms with van der Waals surface area (Å²) >= 11 is 0. The van der Waals surface area contributed by atoms with Crippen LogP contribution in [0.3, 0.4) is 0 Å². The number of rotatable bonds is 4. The molecule has 1 atom stereocenters. The van der Waals surface area contributed by atoms with Crippen molar-refractivity contribution in [3.63, 3.8) is 0 Å². The van der Waals surface area contributed by atoms with E-state index in [1.807, 2.05) is 0 Å². The molecule has 17 heavy (non-hydrogen) atoms. The Morgan fingerprint density at radius 1 is 1.47 bits per heavy atom. The molecular weight excluding hydrogens is 233 g/mol. The number of benzene rings is 1. The first-order valence-corrected chi connectivity index (χ1v) is 4.97. The van der Waals surface area contributed by atoms with E-state index in [2.05, 4.69) is 5.16 Å². The van der Waals surface area contributed by atoms with Crippen LogP contribution in [-0.4, -0.2) is 12.3 Å². The van der Waals surface area contributed by atoms with Crippen LogP contribution in [0.4, 0.5) is 13.2 Å². The smallest absolute Gasteiger partial charge is 0.391 e. The number of oxime groups is 1. The van der Waals surface area contributed by atoms with Crippen molar-refractivity contribution >= 4 is 6.21 Å². The molecule has 1 aromatic rings. The van der Waals surface area contributed by atoms with Gasteiger partial charge in [0.2, 0.25) is 0 Å². The summed E-state index contributed by atoms with van der Waals surface area (Å²) in [4.78, 5) is 4.82. The van der Waals surface area contributed by atoms with E-state index < -0.39 is 11.7 Å². The maximum absolute atomic E-state index is 12.4. The number of nitrogens with zero attached hydrogens (tertiary/aromatic N) is 1. The first-order chi connectivity index (χ1) is 7.89. The van der Waals surface area contributed by atoms with Crippen molar-refractivity contribution in [1.29, 1.82) is 0 Å². The molecule has 1 unspecified atom stereocenters. The van der Waals surface area contributed by atoms with Gasteiger partial charge in [-0.05, 0) is 24.6 Å². The van der Waals surface area contributed by atoms with Gasteiger partial charge in [-0.25, -0.2) is 0 Å². The molecule has 0 aliphatic heterocycles. The van der Waals surface area contributed by atoms with E-state index in [0.29, 0.717) is 5.56 Å². The third-order valence-corrected chi connectivity index (χ3v) is 1.86. The predicted molar refractivity (Wildman–Crippen MR) is 58.4 cm³/mol. The van der Waals surface area contributed by atoms with Crippen LogP contribution in [0.25, 0.3) is 0 Å². The molecule has 1 rings (SSSR count). The van der Waals surface area contributed by atoms with Gasteiger partial charge in [0.1, 0.15) is 6.61 Å². The highest BCUT2D eigenvalue weighted by Crippen LogP contribution is 2.29. The minimum Gasteiger partial charge on any atom is -0.391 e. The van der Waals surface area contributed by atoms with Crippen molar-refractivity contribution in [2.45, 2.75) is 25.7 Å². The lowest BCUT2D eigenvalue weighted by molar-refractivity contribution is -0.137. The molecule has 3 nitrogen and oxygen atoms in total. The third kappa shape index (κ3) is 4.86. The van der Waals surface area contributed by atoms with Gasteiger partial charge in [-0.3, -0.25) is 0 Å². The molecule has 0 aromatic heterocycles. The number of hydrogen-bond donors (Lipinski definition) is 1. The number of hydrogen-bond acceptors (Lipinski definition) is 3.